The van der Waals surface area contributed by atoms with Crippen LogP contribution in [-0.2, 0) is 0 Å². The summed E-state index contributed by atoms with van der Waals surface area (Å²) >= 11 is 0. The largest absolute Gasteiger partial charge is 0.505 e. The molecule has 1 aromatic heterocycles. The van der Waals surface area contributed by atoms with Crippen LogP contribution in [0.3, 0.4) is 0 Å². The summed E-state index contributed by atoms with van der Waals surface area (Å²) in [5, 5.41) is 9.68. The molecule has 0 fully saturated rings. The SMILES string of the molecule is CC.CC.Cc1cc(C)c2nccnc2c1O. The smallest absolute Gasteiger partial charge is 0.146 e. The number of hydrogen-bond acceptors (Lipinski definition) is 3. The van der Waals surface area contributed by atoms with Gasteiger partial charge in [0.25, 0.3) is 0 Å². The van der Waals surface area contributed by atoms with E-state index in [0.717, 1.165) is 16.6 Å². The Balaban J connectivity index is 0.000000581. The Morgan fingerprint density at radius 2 is 1.29 bits per heavy atom. The molecule has 0 radical (unpaired) electrons. The summed E-state index contributed by atoms with van der Waals surface area (Å²) in [5.74, 6) is 0.230. The summed E-state index contributed by atoms with van der Waals surface area (Å²) in [6.45, 7) is 11.8. The number of aromatic hydroxyl groups is 1. The van der Waals surface area contributed by atoms with Gasteiger partial charge in [0.15, 0.2) is 0 Å². The molecule has 0 aliphatic rings. The number of phenolic OH excluding ortho intramolecular Hbond substituents is 1. The van der Waals surface area contributed by atoms with Crippen molar-refractivity contribution in [3.05, 3.63) is 29.6 Å². The molecule has 94 valence electrons. The van der Waals surface area contributed by atoms with Gasteiger partial charge < -0.3 is 5.11 Å². The van der Waals surface area contributed by atoms with Gasteiger partial charge in [0.1, 0.15) is 11.3 Å². The van der Waals surface area contributed by atoms with Crippen LogP contribution in [0.4, 0.5) is 0 Å². The molecule has 0 bridgehead atoms. The third-order valence-corrected chi connectivity index (χ3v) is 2.10. The molecule has 2 aromatic rings. The maximum Gasteiger partial charge on any atom is 0.146 e. The first-order chi connectivity index (χ1) is 8.20. The Kier molecular flexibility index (Phi) is 6.87. The number of hydrogen-bond donors (Lipinski definition) is 1. The summed E-state index contributed by atoms with van der Waals surface area (Å²) in [4.78, 5) is 8.25. The predicted octanol–water partition coefficient (Wildman–Crippen LogP) is 4.00. The van der Waals surface area contributed by atoms with Crippen LogP contribution in [-0.4, -0.2) is 15.1 Å². The van der Waals surface area contributed by atoms with E-state index in [1.165, 1.54) is 0 Å². The van der Waals surface area contributed by atoms with Crippen LogP contribution in [0.1, 0.15) is 38.8 Å². The van der Waals surface area contributed by atoms with Crippen molar-refractivity contribution >= 4 is 11.0 Å². The molecule has 1 N–H and O–H groups in total. The maximum absolute atomic E-state index is 9.68. The minimum Gasteiger partial charge on any atom is -0.505 e. The Morgan fingerprint density at radius 1 is 0.824 bits per heavy atom. The lowest BCUT2D eigenvalue weighted by Crippen LogP contribution is -1.88. The lowest BCUT2D eigenvalue weighted by molar-refractivity contribution is 0.476. The fourth-order valence-corrected chi connectivity index (χ4v) is 1.45. The molecule has 0 saturated heterocycles. The van der Waals surface area contributed by atoms with E-state index in [2.05, 4.69) is 9.97 Å². The minimum atomic E-state index is 0.230. The molecule has 1 heterocycles. The number of fused-ring (bicyclic) bond motifs is 1. The molecule has 0 saturated carbocycles. The Hall–Kier alpha value is -1.64. The van der Waals surface area contributed by atoms with Gasteiger partial charge in [-0.15, -0.1) is 0 Å². The van der Waals surface area contributed by atoms with Crippen LogP contribution >= 0.6 is 0 Å². The second-order valence-corrected chi connectivity index (χ2v) is 3.11. The number of phenols is 1. The molecule has 0 unspecified atom stereocenters. The minimum absolute atomic E-state index is 0.230. The first-order valence-corrected chi connectivity index (χ1v) is 6.10. The molecule has 0 aliphatic carbocycles. The third-order valence-electron chi connectivity index (χ3n) is 2.10. The molecule has 3 nitrogen and oxygen atoms in total. The quantitative estimate of drug-likeness (QED) is 0.749. The number of aromatic nitrogens is 2. The number of rotatable bonds is 0. The fourth-order valence-electron chi connectivity index (χ4n) is 1.45. The zero-order valence-electron chi connectivity index (χ0n) is 11.6. The second kappa shape index (κ2) is 7.60. The van der Waals surface area contributed by atoms with Gasteiger partial charge in [0, 0.05) is 12.4 Å². The Morgan fingerprint density at radius 3 is 1.82 bits per heavy atom. The van der Waals surface area contributed by atoms with E-state index in [1.807, 2.05) is 47.6 Å². The Labute approximate surface area is 104 Å². The summed E-state index contributed by atoms with van der Waals surface area (Å²) in [7, 11) is 0. The van der Waals surface area contributed by atoms with Gasteiger partial charge in [-0.05, 0) is 25.0 Å². The average molecular weight is 234 g/mol. The van der Waals surface area contributed by atoms with Crippen LogP contribution in [0, 0.1) is 13.8 Å². The summed E-state index contributed by atoms with van der Waals surface area (Å²) in [6, 6.07) is 1.91. The van der Waals surface area contributed by atoms with Crippen molar-refractivity contribution in [1.82, 2.24) is 9.97 Å². The van der Waals surface area contributed by atoms with E-state index in [-0.39, 0.29) is 5.75 Å². The molecule has 0 atom stereocenters. The molecular weight excluding hydrogens is 212 g/mol. The zero-order chi connectivity index (χ0) is 13.4. The van der Waals surface area contributed by atoms with Crippen LogP contribution in [0.15, 0.2) is 18.5 Å². The molecule has 0 spiro atoms. The van der Waals surface area contributed by atoms with E-state index in [9.17, 15) is 5.11 Å². The maximum atomic E-state index is 9.68. The second-order valence-electron chi connectivity index (χ2n) is 3.11. The molecule has 17 heavy (non-hydrogen) atoms. The van der Waals surface area contributed by atoms with Crippen molar-refractivity contribution in [1.29, 1.82) is 0 Å². The standard InChI is InChI=1S/C10H10N2O.2C2H6/c1-6-5-7(2)10(13)9-8(6)11-3-4-12-9;2*1-2/h3-5,13H,1-2H3;2*1-2H3. The highest BCUT2D eigenvalue weighted by Crippen LogP contribution is 2.27. The monoisotopic (exact) mass is 234 g/mol. The first-order valence-electron chi connectivity index (χ1n) is 6.10. The van der Waals surface area contributed by atoms with Gasteiger partial charge in [0.2, 0.25) is 0 Å². The lowest BCUT2D eigenvalue weighted by atomic mass is 10.1. The van der Waals surface area contributed by atoms with Gasteiger partial charge in [-0.1, -0.05) is 33.8 Å². The van der Waals surface area contributed by atoms with Gasteiger partial charge in [0.05, 0.1) is 5.52 Å². The third kappa shape index (κ3) is 3.41. The molecule has 2 rings (SSSR count). The summed E-state index contributed by atoms with van der Waals surface area (Å²) in [6.07, 6.45) is 3.21. The van der Waals surface area contributed by atoms with Crippen molar-refractivity contribution in [3.8, 4) is 5.75 Å². The van der Waals surface area contributed by atoms with Crippen molar-refractivity contribution in [2.45, 2.75) is 41.5 Å². The van der Waals surface area contributed by atoms with Crippen molar-refractivity contribution in [2.24, 2.45) is 0 Å². The van der Waals surface area contributed by atoms with Crippen molar-refractivity contribution < 1.29 is 5.11 Å². The number of aryl methyl sites for hydroxylation is 2. The zero-order valence-corrected chi connectivity index (χ0v) is 11.6. The van der Waals surface area contributed by atoms with Gasteiger partial charge in [-0.25, -0.2) is 4.98 Å². The van der Waals surface area contributed by atoms with Gasteiger partial charge in [-0.3, -0.25) is 4.98 Å². The summed E-state index contributed by atoms with van der Waals surface area (Å²) < 4.78 is 0. The lowest BCUT2D eigenvalue weighted by Gasteiger charge is -2.04. The number of benzene rings is 1. The van der Waals surface area contributed by atoms with E-state index < -0.39 is 0 Å². The first kappa shape index (κ1) is 15.4. The molecule has 0 aliphatic heterocycles. The predicted molar refractivity (Wildman–Crippen MR) is 73.4 cm³/mol. The molecular formula is C14H22N2O. The van der Waals surface area contributed by atoms with E-state index in [0.29, 0.717) is 5.52 Å². The topological polar surface area (TPSA) is 46.0 Å². The average Bonchev–Trinajstić information content (AvgIpc) is 2.41. The molecule has 1 aromatic carbocycles. The molecule has 3 heteroatoms. The van der Waals surface area contributed by atoms with Crippen LogP contribution in [0.5, 0.6) is 5.75 Å². The Bertz CT molecular complexity index is 467. The van der Waals surface area contributed by atoms with Crippen molar-refractivity contribution in [2.75, 3.05) is 0 Å². The number of nitrogens with zero attached hydrogens (tertiary/aromatic N) is 2. The normalized spacial score (nSPS) is 8.82. The van der Waals surface area contributed by atoms with Crippen LogP contribution in [0.25, 0.3) is 11.0 Å². The van der Waals surface area contributed by atoms with E-state index >= 15 is 0 Å². The molecule has 0 amide bonds. The van der Waals surface area contributed by atoms with E-state index in [1.54, 1.807) is 12.4 Å². The highest BCUT2D eigenvalue weighted by atomic mass is 16.3. The summed E-state index contributed by atoms with van der Waals surface area (Å²) in [5.41, 5.74) is 3.23. The van der Waals surface area contributed by atoms with E-state index in [4.69, 9.17) is 0 Å². The van der Waals surface area contributed by atoms with Gasteiger partial charge in [-0.2, -0.15) is 0 Å². The fraction of sp³-hybridized carbons (Fsp3) is 0.429. The van der Waals surface area contributed by atoms with Crippen LogP contribution < -0.4 is 0 Å². The highest BCUT2D eigenvalue weighted by Gasteiger charge is 2.07. The van der Waals surface area contributed by atoms with Crippen LogP contribution in [0.2, 0.25) is 0 Å². The van der Waals surface area contributed by atoms with Crippen molar-refractivity contribution in [3.63, 3.8) is 0 Å². The highest BCUT2D eigenvalue weighted by molar-refractivity contribution is 5.84. The van der Waals surface area contributed by atoms with Gasteiger partial charge >= 0.3 is 0 Å².